The quantitative estimate of drug-likeness (QED) is 0.393. The van der Waals surface area contributed by atoms with Crippen molar-refractivity contribution in [3.05, 3.63) is 0 Å². The second-order valence-electron chi connectivity index (χ2n) is 0.553. The molecule has 0 aliphatic rings. The summed E-state index contributed by atoms with van der Waals surface area (Å²) in [6, 6.07) is 0. The van der Waals surface area contributed by atoms with Crippen LogP contribution in [0.15, 0.2) is 0 Å². The fourth-order valence-electron chi connectivity index (χ4n) is 0.0556. The topological polar surface area (TPSA) is 80.3 Å². The van der Waals surface area contributed by atoms with Gasteiger partial charge in [0.25, 0.3) is 0 Å². The molecule has 2 unspecified atom stereocenters. The third-order valence-corrected chi connectivity index (χ3v) is 3.67. The third-order valence-electron chi connectivity index (χ3n) is 0.136. The summed E-state index contributed by atoms with van der Waals surface area (Å²) in [6.07, 6.45) is 0. The minimum Gasteiger partial charge on any atom is -0.768 e. The van der Waals surface area contributed by atoms with Crippen LogP contribution in [0.25, 0.3) is 0 Å². The molecule has 7 heteroatoms. The summed E-state index contributed by atoms with van der Waals surface area (Å²) in [5, 5.41) is 0. The van der Waals surface area contributed by atoms with Gasteiger partial charge in [0.15, 0.2) is 0 Å². The Morgan fingerprint density at radius 3 is 1.43 bits per heavy atom. The van der Waals surface area contributed by atoms with E-state index >= 15 is 0 Å². The van der Waals surface area contributed by atoms with Gasteiger partial charge in [0, 0.05) is 6.98 Å². The Morgan fingerprint density at radius 2 is 1.43 bits per heavy atom. The van der Waals surface area contributed by atoms with Gasteiger partial charge in [-0.3, -0.25) is 8.42 Å². The van der Waals surface area contributed by atoms with E-state index in [1.165, 1.54) is 0 Å². The molecular weight excluding hydrogens is 159 g/mol. The van der Waals surface area contributed by atoms with Crippen molar-refractivity contribution < 1.29 is 17.5 Å². The largest absolute Gasteiger partial charge is 0.768 e. The first-order valence-electron chi connectivity index (χ1n) is 1.07. The van der Waals surface area contributed by atoms with Gasteiger partial charge in [0.1, 0.15) is 0 Å². The fourth-order valence-corrected chi connectivity index (χ4v) is 1.50. The van der Waals surface area contributed by atoms with Gasteiger partial charge in [-0.15, -0.1) is 0 Å². The average molecular weight is 160 g/mol. The van der Waals surface area contributed by atoms with E-state index in [0.29, 0.717) is 0 Å². The molecule has 0 spiro atoms. The van der Waals surface area contributed by atoms with E-state index in [-0.39, 0.29) is 0 Å². The normalized spacial score (nSPS) is 20.3. The zero-order valence-electron chi connectivity index (χ0n) is 2.95. The molecule has 0 amide bonds. The van der Waals surface area contributed by atoms with Gasteiger partial charge in [-0.2, -0.15) is 0 Å². The first kappa shape index (κ1) is 7.65. The predicted octanol–water partition coefficient (Wildman–Crippen LogP) is -0.747. The van der Waals surface area contributed by atoms with E-state index in [9.17, 15) is 17.5 Å². The Labute approximate surface area is 46.5 Å². The summed E-state index contributed by atoms with van der Waals surface area (Å²) in [6.45, 7) is -1.02. The minimum atomic E-state index is -2.43. The SMILES string of the molecule is O=S([O-])PS(=O)[O-]. The van der Waals surface area contributed by atoms with E-state index in [0.717, 1.165) is 0 Å². The van der Waals surface area contributed by atoms with Crippen LogP contribution in [-0.4, -0.2) is 17.5 Å². The number of rotatable bonds is 2. The molecule has 0 radical (unpaired) electrons. The van der Waals surface area contributed by atoms with Gasteiger partial charge in [-0.25, -0.2) is 0 Å². The number of hydrogen-bond acceptors (Lipinski definition) is 4. The van der Waals surface area contributed by atoms with Crippen molar-refractivity contribution in [3.63, 3.8) is 0 Å². The fraction of sp³-hybridized carbons (Fsp3) is 0. The molecule has 0 saturated carbocycles. The van der Waals surface area contributed by atoms with Crippen LogP contribution in [0.1, 0.15) is 0 Å². The smallest absolute Gasteiger partial charge is 0.0364 e. The summed E-state index contributed by atoms with van der Waals surface area (Å²) in [5.41, 5.74) is 0. The van der Waals surface area contributed by atoms with Crippen LogP contribution in [0, 0.1) is 0 Å². The predicted molar refractivity (Wildman–Crippen MR) is 26.2 cm³/mol. The van der Waals surface area contributed by atoms with Gasteiger partial charge in [-0.05, 0) is 21.4 Å². The summed E-state index contributed by atoms with van der Waals surface area (Å²) < 4.78 is 37.7. The van der Waals surface area contributed by atoms with Crippen LogP contribution < -0.4 is 0 Å². The molecule has 0 aromatic rings. The van der Waals surface area contributed by atoms with E-state index in [1.54, 1.807) is 0 Å². The molecule has 7 heavy (non-hydrogen) atoms. The van der Waals surface area contributed by atoms with Gasteiger partial charge in [-0.1, -0.05) is 0 Å². The molecule has 2 atom stereocenters. The summed E-state index contributed by atoms with van der Waals surface area (Å²) in [5.74, 6) is 0. The van der Waals surface area contributed by atoms with E-state index in [4.69, 9.17) is 0 Å². The molecular formula is HO4PS2-2. The molecule has 0 fully saturated rings. The monoisotopic (exact) mass is 160 g/mol. The molecule has 0 saturated heterocycles. The maximum absolute atomic E-state index is 9.43. The molecule has 44 valence electrons. The van der Waals surface area contributed by atoms with Crippen molar-refractivity contribution in [2.24, 2.45) is 0 Å². The van der Waals surface area contributed by atoms with Gasteiger partial charge >= 0.3 is 0 Å². The van der Waals surface area contributed by atoms with Gasteiger partial charge in [0.05, 0.1) is 0 Å². The number of hydrogen-bond donors (Lipinski definition) is 0. The molecule has 0 N–H and O–H groups in total. The molecule has 0 bridgehead atoms. The minimum absolute atomic E-state index is 1.02. The lowest BCUT2D eigenvalue weighted by atomic mass is 15.9. The highest BCUT2D eigenvalue weighted by Gasteiger charge is 1.77. The lowest BCUT2D eigenvalue weighted by Crippen LogP contribution is -1.79. The highest BCUT2D eigenvalue weighted by molar-refractivity contribution is 8.69. The van der Waals surface area contributed by atoms with Crippen molar-refractivity contribution in [2.75, 3.05) is 0 Å². The van der Waals surface area contributed by atoms with E-state index in [1.807, 2.05) is 0 Å². The van der Waals surface area contributed by atoms with Crippen LogP contribution in [0.2, 0.25) is 0 Å². The zero-order chi connectivity index (χ0) is 5.86. The molecule has 0 rings (SSSR count). The molecule has 0 aromatic heterocycles. The first-order chi connectivity index (χ1) is 3.13. The maximum atomic E-state index is 9.43. The van der Waals surface area contributed by atoms with Crippen LogP contribution in [-0.2, 0) is 21.4 Å². The van der Waals surface area contributed by atoms with Crippen molar-refractivity contribution in [3.8, 4) is 0 Å². The molecule has 0 aromatic carbocycles. The van der Waals surface area contributed by atoms with Crippen LogP contribution >= 0.6 is 6.98 Å². The van der Waals surface area contributed by atoms with Crippen molar-refractivity contribution in [1.29, 1.82) is 0 Å². The Bertz CT molecular complexity index is 85.9. The highest BCUT2D eigenvalue weighted by atomic mass is 33.1. The van der Waals surface area contributed by atoms with Gasteiger partial charge < -0.3 is 9.11 Å². The summed E-state index contributed by atoms with van der Waals surface area (Å²) in [4.78, 5) is 0. The Hall–Kier alpha value is 0.650. The molecule has 0 heterocycles. The van der Waals surface area contributed by atoms with Crippen LogP contribution in [0.3, 0.4) is 0 Å². The van der Waals surface area contributed by atoms with Crippen molar-refractivity contribution in [2.45, 2.75) is 0 Å². The van der Waals surface area contributed by atoms with Crippen molar-refractivity contribution in [1.82, 2.24) is 0 Å². The second-order valence-corrected chi connectivity index (χ2v) is 5.66. The van der Waals surface area contributed by atoms with Crippen LogP contribution in [0.4, 0.5) is 0 Å². The summed E-state index contributed by atoms with van der Waals surface area (Å²) >= 11 is 0. The van der Waals surface area contributed by atoms with Crippen molar-refractivity contribution >= 4 is 28.4 Å². The Balaban J connectivity index is 3.32. The molecule has 4 nitrogen and oxygen atoms in total. The Morgan fingerprint density at radius 1 is 1.14 bits per heavy atom. The summed E-state index contributed by atoms with van der Waals surface area (Å²) in [7, 11) is -4.86. The average Bonchev–Trinajstić information content (AvgIpc) is 1.27. The van der Waals surface area contributed by atoms with E-state index in [2.05, 4.69) is 0 Å². The molecule has 0 aliphatic heterocycles. The second kappa shape index (κ2) is 3.63. The third kappa shape index (κ3) is 6.65. The van der Waals surface area contributed by atoms with E-state index < -0.39 is 28.4 Å². The Kier molecular flexibility index (Phi) is 3.96. The highest BCUT2D eigenvalue weighted by Crippen LogP contribution is 2.15. The lowest BCUT2D eigenvalue weighted by molar-refractivity contribution is 0.549. The van der Waals surface area contributed by atoms with Gasteiger partial charge in [0.2, 0.25) is 0 Å². The first-order valence-corrected chi connectivity index (χ1v) is 5.67. The molecule has 0 aliphatic carbocycles. The maximum Gasteiger partial charge on any atom is 0.0364 e. The standard InChI is InChI=1S/H3O4PS2/c1-6(2)5-7(3)4/h5H,(H,1,2)(H,3,4)/p-2. The van der Waals surface area contributed by atoms with Crippen LogP contribution in [0.5, 0.6) is 0 Å². The zero-order valence-corrected chi connectivity index (χ0v) is 5.58. The lowest BCUT2D eigenvalue weighted by Gasteiger charge is -2.05.